The Labute approximate surface area is 161 Å². The molecule has 0 fully saturated rings. The highest BCUT2D eigenvalue weighted by Crippen LogP contribution is 2.30. The number of thiophene rings is 1. The summed E-state index contributed by atoms with van der Waals surface area (Å²) in [5, 5.41) is 8.49. The summed E-state index contributed by atoms with van der Waals surface area (Å²) in [6.07, 6.45) is 1.06. The Morgan fingerprint density at radius 3 is 2.96 bits per heavy atom. The van der Waals surface area contributed by atoms with Crippen LogP contribution in [0, 0.1) is 0 Å². The third-order valence-corrected chi connectivity index (χ3v) is 5.07. The Kier molecular flexibility index (Phi) is 8.02. The number of hydrogen-bond acceptors (Lipinski definition) is 6. The van der Waals surface area contributed by atoms with E-state index in [1.54, 1.807) is 11.3 Å². The lowest BCUT2D eigenvalue weighted by Crippen LogP contribution is -2.23. The third-order valence-electron chi connectivity index (χ3n) is 3.20. The molecule has 0 saturated heterocycles. The second-order valence-corrected chi connectivity index (χ2v) is 7.91. The first-order chi connectivity index (χ1) is 12.4. The Bertz CT molecular complexity index is 739. The number of carbonyl (C=O) groups excluding carboxylic acids is 1. The van der Waals surface area contributed by atoms with Crippen molar-refractivity contribution in [2.45, 2.75) is 39.8 Å². The minimum atomic E-state index is -0.0365. The van der Waals surface area contributed by atoms with Crippen LogP contribution in [-0.4, -0.2) is 36.1 Å². The number of anilines is 1. The Hall–Kier alpha value is -1.97. The monoisotopic (exact) mass is 395 g/mol. The number of amides is 1. The number of ether oxygens (including phenoxy) is 1. The van der Waals surface area contributed by atoms with Gasteiger partial charge in [-0.1, -0.05) is 0 Å². The Morgan fingerprint density at radius 1 is 1.42 bits per heavy atom. The number of nitrogens with zero attached hydrogens (tertiary/aromatic N) is 2. The molecule has 2 heterocycles. The van der Waals surface area contributed by atoms with Gasteiger partial charge < -0.3 is 21.1 Å². The quantitative estimate of drug-likeness (QED) is 0.344. The van der Waals surface area contributed by atoms with Crippen molar-refractivity contribution in [2.24, 2.45) is 10.7 Å². The van der Waals surface area contributed by atoms with Gasteiger partial charge in [0.05, 0.1) is 23.2 Å². The van der Waals surface area contributed by atoms with Crippen LogP contribution < -0.4 is 16.4 Å². The normalized spacial score (nSPS) is 11.8. The molecular weight excluding hydrogens is 370 g/mol. The SMILES string of the molecule is CC(=O)NCc1ccc(-c2csc(NC(N)=NCCCOC(C)C)n2)s1. The van der Waals surface area contributed by atoms with Crippen molar-refractivity contribution in [3.05, 3.63) is 22.4 Å². The van der Waals surface area contributed by atoms with Crippen LogP contribution in [0.4, 0.5) is 5.13 Å². The summed E-state index contributed by atoms with van der Waals surface area (Å²) in [4.78, 5) is 21.9. The number of nitrogens with two attached hydrogens (primary N) is 1. The van der Waals surface area contributed by atoms with Gasteiger partial charge in [0.2, 0.25) is 5.91 Å². The van der Waals surface area contributed by atoms with Crippen LogP contribution in [0.25, 0.3) is 10.6 Å². The molecule has 0 aliphatic carbocycles. The molecule has 0 aliphatic rings. The lowest BCUT2D eigenvalue weighted by atomic mass is 10.3. The Balaban J connectivity index is 1.84. The minimum Gasteiger partial charge on any atom is -0.379 e. The van der Waals surface area contributed by atoms with Crippen molar-refractivity contribution in [1.29, 1.82) is 0 Å². The highest BCUT2D eigenvalue weighted by Gasteiger charge is 2.08. The maximum atomic E-state index is 11.0. The standard InChI is InChI=1S/C17H25N5O2S2/c1-11(2)24-8-4-7-19-16(18)22-17-21-14(10-25-17)15-6-5-13(26-15)9-20-12(3)23/h5-6,10-11H,4,7-9H2,1-3H3,(H,20,23)(H3,18,19,21,22). The molecule has 0 aliphatic heterocycles. The number of nitrogens with one attached hydrogen (secondary N) is 2. The van der Waals surface area contributed by atoms with E-state index >= 15 is 0 Å². The average Bonchev–Trinajstić information content (AvgIpc) is 3.21. The number of hydrogen-bond donors (Lipinski definition) is 3. The number of thiazole rings is 1. The molecule has 4 N–H and O–H groups in total. The highest BCUT2D eigenvalue weighted by atomic mass is 32.1. The van der Waals surface area contributed by atoms with Crippen molar-refractivity contribution >= 4 is 39.7 Å². The van der Waals surface area contributed by atoms with Crippen LogP contribution >= 0.6 is 22.7 Å². The molecule has 0 spiro atoms. The third kappa shape index (κ3) is 7.11. The second kappa shape index (κ2) is 10.2. The van der Waals surface area contributed by atoms with Gasteiger partial charge in [-0.15, -0.1) is 22.7 Å². The van der Waals surface area contributed by atoms with Crippen LogP contribution in [0.15, 0.2) is 22.5 Å². The van der Waals surface area contributed by atoms with Crippen LogP contribution in [0.5, 0.6) is 0 Å². The molecule has 0 atom stereocenters. The molecular formula is C17H25N5O2S2. The van der Waals surface area contributed by atoms with E-state index in [-0.39, 0.29) is 12.0 Å². The summed E-state index contributed by atoms with van der Waals surface area (Å²) in [6.45, 7) is 7.35. The molecule has 0 saturated carbocycles. The fourth-order valence-corrected chi connectivity index (χ4v) is 3.70. The first-order valence-electron chi connectivity index (χ1n) is 8.41. The molecule has 142 valence electrons. The molecule has 1 amide bonds. The second-order valence-electron chi connectivity index (χ2n) is 5.88. The molecule has 0 bridgehead atoms. The number of aliphatic imine (C=N–C) groups is 1. The van der Waals surface area contributed by atoms with Crippen molar-refractivity contribution in [3.8, 4) is 10.6 Å². The van der Waals surface area contributed by atoms with Gasteiger partial charge in [0.1, 0.15) is 0 Å². The van der Waals surface area contributed by atoms with Gasteiger partial charge in [0, 0.05) is 30.3 Å². The van der Waals surface area contributed by atoms with Gasteiger partial charge in [0.15, 0.2) is 11.1 Å². The molecule has 9 heteroatoms. The van der Waals surface area contributed by atoms with Crippen LogP contribution in [0.2, 0.25) is 0 Å². The van der Waals surface area contributed by atoms with Crippen LogP contribution in [0.1, 0.15) is 32.1 Å². The minimum absolute atomic E-state index is 0.0365. The van der Waals surface area contributed by atoms with Gasteiger partial charge in [-0.3, -0.25) is 9.79 Å². The van der Waals surface area contributed by atoms with E-state index < -0.39 is 0 Å². The maximum absolute atomic E-state index is 11.0. The summed E-state index contributed by atoms with van der Waals surface area (Å²) in [7, 11) is 0. The van der Waals surface area contributed by atoms with Gasteiger partial charge in [-0.25, -0.2) is 4.98 Å². The predicted octanol–water partition coefficient (Wildman–Crippen LogP) is 3.05. The van der Waals surface area contributed by atoms with Crippen molar-refractivity contribution in [1.82, 2.24) is 10.3 Å². The summed E-state index contributed by atoms with van der Waals surface area (Å²) in [5.41, 5.74) is 6.78. The lowest BCUT2D eigenvalue weighted by molar-refractivity contribution is -0.119. The molecule has 2 aromatic rings. The highest BCUT2D eigenvalue weighted by molar-refractivity contribution is 7.17. The summed E-state index contributed by atoms with van der Waals surface area (Å²) in [6, 6.07) is 4.00. The smallest absolute Gasteiger partial charge is 0.217 e. The fourth-order valence-electron chi connectivity index (χ4n) is 2.00. The fraction of sp³-hybridized carbons (Fsp3) is 0.471. The van der Waals surface area contributed by atoms with E-state index in [4.69, 9.17) is 10.5 Å². The maximum Gasteiger partial charge on any atom is 0.217 e. The van der Waals surface area contributed by atoms with Gasteiger partial charge in [-0.05, 0) is 32.4 Å². The molecule has 0 aromatic carbocycles. The zero-order valence-corrected chi connectivity index (χ0v) is 16.9. The van der Waals surface area contributed by atoms with E-state index in [1.165, 1.54) is 18.3 Å². The number of aromatic nitrogens is 1. The summed E-state index contributed by atoms with van der Waals surface area (Å²) >= 11 is 3.09. The molecule has 0 unspecified atom stereocenters. The predicted molar refractivity (Wildman–Crippen MR) is 109 cm³/mol. The molecule has 26 heavy (non-hydrogen) atoms. The lowest BCUT2D eigenvalue weighted by Gasteiger charge is -2.06. The first-order valence-corrected chi connectivity index (χ1v) is 10.1. The van der Waals surface area contributed by atoms with E-state index in [1.807, 2.05) is 31.4 Å². The van der Waals surface area contributed by atoms with E-state index in [9.17, 15) is 4.79 Å². The van der Waals surface area contributed by atoms with Crippen molar-refractivity contribution in [2.75, 3.05) is 18.5 Å². The van der Waals surface area contributed by atoms with Crippen LogP contribution in [0.3, 0.4) is 0 Å². The number of carbonyl (C=O) groups is 1. The van der Waals surface area contributed by atoms with E-state index in [2.05, 4.69) is 20.6 Å². The largest absolute Gasteiger partial charge is 0.379 e. The van der Waals surface area contributed by atoms with Gasteiger partial charge in [0.25, 0.3) is 0 Å². The van der Waals surface area contributed by atoms with Crippen molar-refractivity contribution < 1.29 is 9.53 Å². The molecule has 7 nitrogen and oxygen atoms in total. The topological polar surface area (TPSA) is 102 Å². The zero-order valence-electron chi connectivity index (χ0n) is 15.2. The van der Waals surface area contributed by atoms with Gasteiger partial charge >= 0.3 is 0 Å². The average molecular weight is 396 g/mol. The zero-order chi connectivity index (χ0) is 18.9. The summed E-state index contributed by atoms with van der Waals surface area (Å²) < 4.78 is 5.46. The Morgan fingerprint density at radius 2 is 2.23 bits per heavy atom. The summed E-state index contributed by atoms with van der Waals surface area (Å²) in [5.74, 6) is 0.318. The van der Waals surface area contributed by atoms with Gasteiger partial charge in [-0.2, -0.15) is 0 Å². The van der Waals surface area contributed by atoms with E-state index in [0.29, 0.717) is 30.8 Å². The number of guanidine groups is 1. The van der Waals surface area contributed by atoms with E-state index in [0.717, 1.165) is 21.9 Å². The first kappa shape index (κ1) is 20.3. The number of rotatable bonds is 9. The molecule has 2 rings (SSSR count). The van der Waals surface area contributed by atoms with Crippen LogP contribution in [-0.2, 0) is 16.1 Å². The molecule has 0 radical (unpaired) electrons. The van der Waals surface area contributed by atoms with Crippen molar-refractivity contribution in [3.63, 3.8) is 0 Å². The molecule has 2 aromatic heterocycles.